The van der Waals surface area contributed by atoms with E-state index in [1.54, 1.807) is 6.20 Å². The average molecular weight is 259 g/mol. The van der Waals surface area contributed by atoms with Gasteiger partial charge in [-0.25, -0.2) is 4.98 Å². The summed E-state index contributed by atoms with van der Waals surface area (Å²) in [6, 6.07) is 12.7. The summed E-state index contributed by atoms with van der Waals surface area (Å²) in [4.78, 5) is 4.30. The first kappa shape index (κ1) is 11.5. The first-order valence-electron chi connectivity index (χ1n) is 6.20. The maximum Gasteiger partial charge on any atom is 0.144 e. The Labute approximate surface area is 112 Å². The summed E-state index contributed by atoms with van der Waals surface area (Å²) in [5, 5.41) is 4.14. The molecule has 3 rings (SSSR count). The van der Waals surface area contributed by atoms with E-state index in [-0.39, 0.29) is 0 Å². The van der Waals surface area contributed by atoms with Crippen LogP contribution in [0.5, 0.6) is 0 Å². The van der Waals surface area contributed by atoms with Gasteiger partial charge in [-0.15, -0.1) is 0 Å². The lowest BCUT2D eigenvalue weighted by molar-refractivity contribution is 0.652. The summed E-state index contributed by atoms with van der Waals surface area (Å²) in [7, 11) is 0. The van der Waals surface area contributed by atoms with Crippen LogP contribution in [0.1, 0.15) is 24.0 Å². The maximum atomic E-state index is 6.14. The minimum absolute atomic E-state index is 0.370. The van der Waals surface area contributed by atoms with Crippen LogP contribution in [0, 0.1) is 0 Å². The Bertz CT molecular complexity index is 568. The molecule has 0 amide bonds. The molecule has 1 aliphatic carbocycles. The van der Waals surface area contributed by atoms with Crippen molar-refractivity contribution < 1.29 is 0 Å². The third-order valence-electron chi connectivity index (χ3n) is 3.67. The van der Waals surface area contributed by atoms with Gasteiger partial charge in [0.05, 0.1) is 5.02 Å². The van der Waals surface area contributed by atoms with Crippen molar-refractivity contribution in [2.75, 3.05) is 5.32 Å². The van der Waals surface area contributed by atoms with Gasteiger partial charge in [0.1, 0.15) is 5.82 Å². The summed E-state index contributed by atoms with van der Waals surface area (Å²) >= 11 is 6.14. The molecule has 1 N–H and O–H groups in total. The SMILES string of the molecule is C[C@@H]1c2ccccc2C[C@@H]1Nc1ncccc1Cl. The van der Waals surface area contributed by atoms with Gasteiger partial charge in [0.25, 0.3) is 0 Å². The highest BCUT2D eigenvalue weighted by atomic mass is 35.5. The van der Waals surface area contributed by atoms with Crippen LogP contribution in [0.2, 0.25) is 5.02 Å². The third kappa shape index (κ3) is 1.97. The molecule has 2 aromatic rings. The Balaban J connectivity index is 1.83. The molecule has 0 unspecified atom stereocenters. The Hall–Kier alpha value is -1.54. The summed E-state index contributed by atoms with van der Waals surface area (Å²) < 4.78 is 0. The van der Waals surface area contributed by atoms with Crippen LogP contribution in [0.3, 0.4) is 0 Å². The Morgan fingerprint density at radius 2 is 2.06 bits per heavy atom. The van der Waals surface area contributed by atoms with Gasteiger partial charge in [0, 0.05) is 18.2 Å². The van der Waals surface area contributed by atoms with Crippen LogP contribution in [-0.2, 0) is 6.42 Å². The fourth-order valence-electron chi connectivity index (χ4n) is 2.64. The fraction of sp³-hybridized carbons (Fsp3) is 0.267. The van der Waals surface area contributed by atoms with Gasteiger partial charge in [0.2, 0.25) is 0 Å². The highest BCUT2D eigenvalue weighted by Gasteiger charge is 2.29. The number of nitrogens with one attached hydrogen (secondary N) is 1. The van der Waals surface area contributed by atoms with E-state index >= 15 is 0 Å². The average Bonchev–Trinajstić information content (AvgIpc) is 2.70. The number of fused-ring (bicyclic) bond motifs is 1. The minimum Gasteiger partial charge on any atom is -0.365 e. The predicted molar refractivity (Wildman–Crippen MR) is 75.2 cm³/mol. The summed E-state index contributed by atoms with van der Waals surface area (Å²) in [5.74, 6) is 1.27. The topological polar surface area (TPSA) is 24.9 Å². The van der Waals surface area contributed by atoms with E-state index in [4.69, 9.17) is 11.6 Å². The monoisotopic (exact) mass is 258 g/mol. The molecular formula is C15H15ClN2. The van der Waals surface area contributed by atoms with E-state index in [1.807, 2.05) is 12.1 Å². The smallest absolute Gasteiger partial charge is 0.144 e. The van der Waals surface area contributed by atoms with E-state index in [0.29, 0.717) is 17.0 Å². The van der Waals surface area contributed by atoms with Gasteiger partial charge in [-0.2, -0.15) is 0 Å². The van der Waals surface area contributed by atoms with Crippen LogP contribution < -0.4 is 5.32 Å². The molecule has 3 heteroatoms. The highest BCUT2D eigenvalue weighted by Crippen LogP contribution is 2.35. The second-order valence-corrected chi connectivity index (χ2v) is 5.18. The Morgan fingerprint density at radius 3 is 2.83 bits per heavy atom. The first-order chi connectivity index (χ1) is 8.75. The van der Waals surface area contributed by atoms with Crippen molar-refractivity contribution in [3.05, 3.63) is 58.7 Å². The molecule has 2 atom stereocenters. The largest absolute Gasteiger partial charge is 0.365 e. The molecule has 1 aromatic carbocycles. The number of pyridine rings is 1. The minimum atomic E-state index is 0.370. The van der Waals surface area contributed by atoms with Crippen LogP contribution in [0.25, 0.3) is 0 Å². The molecule has 0 aliphatic heterocycles. The number of rotatable bonds is 2. The zero-order valence-electron chi connectivity index (χ0n) is 10.2. The Kier molecular flexibility index (Phi) is 2.96. The molecule has 18 heavy (non-hydrogen) atoms. The molecule has 0 saturated carbocycles. The van der Waals surface area contributed by atoms with E-state index in [9.17, 15) is 0 Å². The van der Waals surface area contributed by atoms with E-state index in [0.717, 1.165) is 12.2 Å². The van der Waals surface area contributed by atoms with Crippen molar-refractivity contribution in [3.63, 3.8) is 0 Å². The van der Waals surface area contributed by atoms with Gasteiger partial charge in [-0.1, -0.05) is 42.8 Å². The van der Waals surface area contributed by atoms with E-state index in [2.05, 4.69) is 41.5 Å². The van der Waals surface area contributed by atoms with Crippen molar-refractivity contribution in [1.82, 2.24) is 4.98 Å². The van der Waals surface area contributed by atoms with Crippen LogP contribution >= 0.6 is 11.6 Å². The first-order valence-corrected chi connectivity index (χ1v) is 6.58. The summed E-state index contributed by atoms with van der Waals surface area (Å²) in [5.41, 5.74) is 2.86. The summed E-state index contributed by atoms with van der Waals surface area (Å²) in [6.07, 6.45) is 2.80. The van der Waals surface area contributed by atoms with E-state index in [1.165, 1.54) is 11.1 Å². The number of benzene rings is 1. The van der Waals surface area contributed by atoms with Crippen molar-refractivity contribution in [2.24, 2.45) is 0 Å². The van der Waals surface area contributed by atoms with Crippen LogP contribution in [-0.4, -0.2) is 11.0 Å². The number of anilines is 1. The third-order valence-corrected chi connectivity index (χ3v) is 3.97. The molecule has 0 saturated heterocycles. The van der Waals surface area contributed by atoms with Gasteiger partial charge in [-0.3, -0.25) is 0 Å². The molecule has 1 aromatic heterocycles. The van der Waals surface area contributed by atoms with Crippen molar-refractivity contribution in [3.8, 4) is 0 Å². The van der Waals surface area contributed by atoms with Crippen molar-refractivity contribution >= 4 is 17.4 Å². The number of nitrogens with zero attached hydrogens (tertiary/aromatic N) is 1. The second kappa shape index (κ2) is 4.62. The predicted octanol–water partition coefficient (Wildman–Crippen LogP) is 3.88. The number of aromatic nitrogens is 1. The Morgan fingerprint density at radius 1 is 1.22 bits per heavy atom. The molecule has 0 bridgehead atoms. The van der Waals surface area contributed by atoms with Gasteiger partial charge in [-0.05, 0) is 29.7 Å². The van der Waals surface area contributed by atoms with Crippen molar-refractivity contribution in [2.45, 2.75) is 25.3 Å². The van der Waals surface area contributed by atoms with Crippen LogP contribution in [0.15, 0.2) is 42.6 Å². The van der Waals surface area contributed by atoms with Gasteiger partial charge >= 0.3 is 0 Å². The molecule has 1 heterocycles. The number of hydrogen-bond donors (Lipinski definition) is 1. The van der Waals surface area contributed by atoms with Gasteiger partial charge < -0.3 is 5.32 Å². The second-order valence-electron chi connectivity index (χ2n) is 4.78. The van der Waals surface area contributed by atoms with Gasteiger partial charge in [0.15, 0.2) is 0 Å². The fourth-order valence-corrected chi connectivity index (χ4v) is 2.81. The van der Waals surface area contributed by atoms with E-state index < -0.39 is 0 Å². The lowest BCUT2D eigenvalue weighted by Crippen LogP contribution is -2.23. The summed E-state index contributed by atoms with van der Waals surface area (Å²) in [6.45, 7) is 2.25. The zero-order chi connectivity index (χ0) is 12.5. The molecule has 2 nitrogen and oxygen atoms in total. The molecule has 0 radical (unpaired) electrons. The molecule has 92 valence electrons. The van der Waals surface area contributed by atoms with Crippen LogP contribution in [0.4, 0.5) is 5.82 Å². The quantitative estimate of drug-likeness (QED) is 0.884. The standard InChI is InChI=1S/C15H15ClN2/c1-10-12-6-3-2-5-11(12)9-14(10)18-15-13(16)7-4-8-17-15/h2-8,10,14H,9H2,1H3,(H,17,18)/t10-,14+/m1/s1. The lowest BCUT2D eigenvalue weighted by Gasteiger charge is -2.19. The molecular weight excluding hydrogens is 244 g/mol. The zero-order valence-corrected chi connectivity index (χ0v) is 11.0. The lowest BCUT2D eigenvalue weighted by atomic mass is 10.0. The normalized spacial score (nSPS) is 21.7. The number of hydrogen-bond acceptors (Lipinski definition) is 2. The molecule has 1 aliphatic rings. The molecule has 0 fully saturated rings. The number of halogens is 1. The van der Waals surface area contributed by atoms with Crippen molar-refractivity contribution in [1.29, 1.82) is 0 Å². The molecule has 0 spiro atoms. The highest BCUT2D eigenvalue weighted by molar-refractivity contribution is 6.32. The maximum absolute atomic E-state index is 6.14.